The van der Waals surface area contributed by atoms with Crippen LogP contribution in [0.2, 0.25) is 0 Å². The van der Waals surface area contributed by atoms with E-state index in [2.05, 4.69) is 19.1 Å². The summed E-state index contributed by atoms with van der Waals surface area (Å²) in [7, 11) is 4.86. The molecule has 0 heterocycles. The third-order valence-electron chi connectivity index (χ3n) is 4.88. The van der Waals surface area contributed by atoms with Gasteiger partial charge in [-0.15, -0.1) is 0 Å². The summed E-state index contributed by atoms with van der Waals surface area (Å²) in [5.41, 5.74) is 8.33. The first-order valence-electron chi connectivity index (χ1n) is 9.89. The number of benzene rings is 2. The van der Waals surface area contributed by atoms with Gasteiger partial charge in [-0.3, -0.25) is 0 Å². The lowest BCUT2D eigenvalue weighted by atomic mass is 9.91. The highest BCUT2D eigenvalue weighted by molar-refractivity contribution is 5.57. The van der Waals surface area contributed by atoms with E-state index in [1.165, 1.54) is 18.4 Å². The average molecular weight is 388 g/mol. The van der Waals surface area contributed by atoms with Crippen LogP contribution >= 0.6 is 0 Å². The van der Waals surface area contributed by atoms with Crippen LogP contribution in [0.25, 0.3) is 0 Å². The van der Waals surface area contributed by atoms with E-state index in [0.29, 0.717) is 23.8 Å². The minimum atomic E-state index is 0.103. The fourth-order valence-electron chi connectivity index (χ4n) is 3.31. The average Bonchev–Trinajstić information content (AvgIpc) is 2.74. The molecule has 0 aliphatic rings. The van der Waals surface area contributed by atoms with E-state index in [1.54, 1.807) is 21.3 Å². The van der Waals surface area contributed by atoms with Crippen LogP contribution in [0.3, 0.4) is 0 Å². The van der Waals surface area contributed by atoms with Crippen LogP contribution in [0.4, 0.5) is 0 Å². The molecule has 2 aromatic rings. The van der Waals surface area contributed by atoms with E-state index in [-0.39, 0.29) is 5.92 Å². The van der Waals surface area contributed by atoms with Crippen molar-refractivity contribution in [2.45, 2.75) is 38.5 Å². The zero-order chi connectivity index (χ0) is 20.4. The molecule has 0 bridgehead atoms. The lowest BCUT2D eigenvalue weighted by Gasteiger charge is -2.21. The Bertz CT molecular complexity index is 715. The summed E-state index contributed by atoms with van der Waals surface area (Å²) < 4.78 is 22.3. The van der Waals surface area contributed by atoms with Crippen molar-refractivity contribution in [3.8, 4) is 23.0 Å². The first-order valence-corrected chi connectivity index (χ1v) is 9.89. The van der Waals surface area contributed by atoms with E-state index >= 15 is 0 Å². The standard InChI is InChI=1S/C23H33NO4/c1-5-6-7-14-28-19-10-8-17(9-11-19)15-18(16-24)20-12-13-21(25-2)23(27-4)22(20)26-3/h8-13,18H,5-7,14-16,24H2,1-4H3. The maximum Gasteiger partial charge on any atom is 0.203 e. The molecule has 1 unspecified atom stereocenters. The van der Waals surface area contributed by atoms with Gasteiger partial charge in [-0.2, -0.15) is 0 Å². The summed E-state index contributed by atoms with van der Waals surface area (Å²) in [5.74, 6) is 2.92. The molecule has 2 aromatic carbocycles. The molecular formula is C23H33NO4. The summed E-state index contributed by atoms with van der Waals surface area (Å²) in [5, 5.41) is 0. The zero-order valence-corrected chi connectivity index (χ0v) is 17.5. The smallest absolute Gasteiger partial charge is 0.203 e. The Balaban J connectivity index is 2.14. The van der Waals surface area contributed by atoms with Crippen LogP contribution in [0.15, 0.2) is 36.4 Å². The largest absolute Gasteiger partial charge is 0.494 e. The number of hydrogen-bond acceptors (Lipinski definition) is 5. The number of rotatable bonds is 12. The Labute approximate surface area is 168 Å². The number of unbranched alkanes of at least 4 members (excludes halogenated alkanes) is 2. The third kappa shape index (κ3) is 5.55. The van der Waals surface area contributed by atoms with E-state index in [0.717, 1.165) is 30.8 Å². The summed E-state index contributed by atoms with van der Waals surface area (Å²) in [4.78, 5) is 0. The van der Waals surface area contributed by atoms with Crippen LogP contribution in [0.5, 0.6) is 23.0 Å². The second kappa shape index (κ2) is 11.4. The molecule has 1 atom stereocenters. The SMILES string of the molecule is CCCCCOc1ccc(CC(CN)c2ccc(OC)c(OC)c2OC)cc1. The fraction of sp³-hybridized carbons (Fsp3) is 0.478. The van der Waals surface area contributed by atoms with Crippen LogP contribution in [-0.2, 0) is 6.42 Å². The van der Waals surface area contributed by atoms with Gasteiger partial charge < -0.3 is 24.7 Å². The lowest BCUT2D eigenvalue weighted by Crippen LogP contribution is -2.16. The predicted octanol–water partition coefficient (Wildman–Crippen LogP) is 4.57. The molecule has 0 aromatic heterocycles. The highest BCUT2D eigenvalue weighted by Crippen LogP contribution is 2.43. The van der Waals surface area contributed by atoms with Gasteiger partial charge in [-0.1, -0.05) is 38.0 Å². The van der Waals surface area contributed by atoms with Gasteiger partial charge >= 0.3 is 0 Å². The Hall–Kier alpha value is -2.40. The fourth-order valence-corrected chi connectivity index (χ4v) is 3.31. The summed E-state index contributed by atoms with van der Waals surface area (Å²) in [6.07, 6.45) is 4.29. The minimum absolute atomic E-state index is 0.103. The second-order valence-electron chi connectivity index (χ2n) is 6.76. The summed E-state index contributed by atoms with van der Waals surface area (Å²) in [6.45, 7) is 3.46. The van der Waals surface area contributed by atoms with Gasteiger partial charge in [0.15, 0.2) is 11.5 Å². The first kappa shape index (κ1) is 21.9. The monoisotopic (exact) mass is 387 g/mol. The maximum absolute atomic E-state index is 6.11. The Morgan fingerprint density at radius 1 is 0.857 bits per heavy atom. The van der Waals surface area contributed by atoms with Crippen LogP contribution in [-0.4, -0.2) is 34.5 Å². The van der Waals surface area contributed by atoms with E-state index in [1.807, 2.05) is 24.3 Å². The minimum Gasteiger partial charge on any atom is -0.494 e. The van der Waals surface area contributed by atoms with Gasteiger partial charge in [0.1, 0.15) is 5.75 Å². The van der Waals surface area contributed by atoms with E-state index in [4.69, 9.17) is 24.7 Å². The number of ether oxygens (including phenoxy) is 4. The normalized spacial score (nSPS) is 11.8. The topological polar surface area (TPSA) is 62.9 Å². The quantitative estimate of drug-likeness (QED) is 0.541. The van der Waals surface area contributed by atoms with Gasteiger partial charge in [0.05, 0.1) is 27.9 Å². The molecule has 2 rings (SSSR count). The predicted molar refractivity (Wildman–Crippen MR) is 113 cm³/mol. The third-order valence-corrected chi connectivity index (χ3v) is 4.88. The number of methoxy groups -OCH3 is 3. The number of nitrogens with two attached hydrogens (primary N) is 1. The molecule has 0 aliphatic carbocycles. The van der Waals surface area contributed by atoms with Crippen molar-refractivity contribution in [2.24, 2.45) is 5.73 Å². The van der Waals surface area contributed by atoms with E-state index in [9.17, 15) is 0 Å². The van der Waals surface area contributed by atoms with Crippen LogP contribution in [0, 0.1) is 0 Å². The molecule has 2 N–H and O–H groups in total. The molecule has 0 spiro atoms. The van der Waals surface area contributed by atoms with Crippen molar-refractivity contribution in [1.82, 2.24) is 0 Å². The number of hydrogen-bond donors (Lipinski definition) is 1. The molecule has 0 saturated heterocycles. The van der Waals surface area contributed by atoms with Crippen molar-refractivity contribution in [3.63, 3.8) is 0 Å². The molecule has 5 nitrogen and oxygen atoms in total. The van der Waals surface area contributed by atoms with Crippen molar-refractivity contribution in [1.29, 1.82) is 0 Å². The van der Waals surface area contributed by atoms with Crippen LogP contribution in [0.1, 0.15) is 43.2 Å². The second-order valence-corrected chi connectivity index (χ2v) is 6.76. The van der Waals surface area contributed by atoms with E-state index < -0.39 is 0 Å². The van der Waals surface area contributed by atoms with Crippen molar-refractivity contribution in [2.75, 3.05) is 34.5 Å². The molecule has 0 radical (unpaired) electrons. The van der Waals surface area contributed by atoms with Gasteiger partial charge in [0.25, 0.3) is 0 Å². The zero-order valence-electron chi connectivity index (χ0n) is 17.5. The maximum atomic E-state index is 6.11. The molecule has 28 heavy (non-hydrogen) atoms. The molecule has 0 amide bonds. The highest BCUT2D eigenvalue weighted by Gasteiger charge is 2.22. The first-order chi connectivity index (χ1) is 13.7. The molecular weight excluding hydrogens is 354 g/mol. The lowest BCUT2D eigenvalue weighted by molar-refractivity contribution is 0.306. The molecule has 0 fully saturated rings. The molecule has 0 aliphatic heterocycles. The van der Waals surface area contributed by atoms with Crippen LogP contribution < -0.4 is 24.7 Å². The van der Waals surface area contributed by atoms with Gasteiger partial charge in [0.2, 0.25) is 5.75 Å². The van der Waals surface area contributed by atoms with Crippen molar-refractivity contribution in [3.05, 3.63) is 47.5 Å². The summed E-state index contributed by atoms with van der Waals surface area (Å²) >= 11 is 0. The van der Waals surface area contributed by atoms with Gasteiger partial charge in [-0.25, -0.2) is 0 Å². The Morgan fingerprint density at radius 3 is 2.14 bits per heavy atom. The Morgan fingerprint density at radius 2 is 1.57 bits per heavy atom. The summed E-state index contributed by atoms with van der Waals surface area (Å²) in [6, 6.07) is 12.2. The van der Waals surface area contributed by atoms with Gasteiger partial charge in [-0.05, 0) is 43.1 Å². The van der Waals surface area contributed by atoms with Crippen molar-refractivity contribution < 1.29 is 18.9 Å². The molecule has 154 valence electrons. The Kier molecular flexibility index (Phi) is 8.95. The van der Waals surface area contributed by atoms with Gasteiger partial charge in [0, 0.05) is 11.5 Å². The highest BCUT2D eigenvalue weighted by atomic mass is 16.5. The van der Waals surface area contributed by atoms with Crippen molar-refractivity contribution >= 4 is 0 Å². The molecule has 0 saturated carbocycles. The molecule has 5 heteroatoms.